The third kappa shape index (κ3) is 2.22. The maximum absolute atomic E-state index is 8.57. The molecular weight excluding hydrogens is 208 g/mol. The Morgan fingerprint density at radius 3 is 2.87 bits per heavy atom. The Morgan fingerprint density at radius 2 is 2.27 bits per heavy atom. The minimum Gasteiger partial charge on any atom is -0.246 e. The van der Waals surface area contributed by atoms with E-state index in [4.69, 9.17) is 5.26 Å². The van der Waals surface area contributed by atoms with Gasteiger partial charge in [0.15, 0.2) is 0 Å². The van der Waals surface area contributed by atoms with Gasteiger partial charge in [0.25, 0.3) is 5.82 Å². The quantitative estimate of drug-likeness (QED) is 0.789. The van der Waals surface area contributed by atoms with Crippen molar-refractivity contribution in [3.8, 4) is 6.07 Å². The van der Waals surface area contributed by atoms with Crippen molar-refractivity contribution < 1.29 is 0 Å². The van der Waals surface area contributed by atoms with E-state index in [-0.39, 0.29) is 5.82 Å². The predicted molar refractivity (Wildman–Crippen MR) is 57.5 cm³/mol. The number of thiophene rings is 1. The van der Waals surface area contributed by atoms with Gasteiger partial charge in [-0.3, -0.25) is 0 Å². The van der Waals surface area contributed by atoms with Crippen LogP contribution in [0.5, 0.6) is 0 Å². The molecule has 0 atom stereocenters. The molecule has 15 heavy (non-hydrogen) atoms. The molecule has 2 rings (SSSR count). The second kappa shape index (κ2) is 4.24. The maximum Gasteiger partial charge on any atom is 0.252 e. The molecule has 0 unspecified atom stereocenters. The van der Waals surface area contributed by atoms with Crippen LogP contribution >= 0.6 is 11.3 Å². The van der Waals surface area contributed by atoms with E-state index in [1.807, 2.05) is 6.07 Å². The molecule has 0 spiro atoms. The molecule has 2 heterocycles. The van der Waals surface area contributed by atoms with Gasteiger partial charge in [0.1, 0.15) is 12.4 Å². The summed E-state index contributed by atoms with van der Waals surface area (Å²) in [5.74, 6) is 0.224. The lowest BCUT2D eigenvalue weighted by Gasteiger charge is -1.95. The molecule has 0 saturated heterocycles. The highest BCUT2D eigenvalue weighted by atomic mass is 32.1. The molecule has 0 aliphatic heterocycles. The second-order valence-electron chi connectivity index (χ2n) is 3.10. The van der Waals surface area contributed by atoms with Crippen molar-refractivity contribution in [1.82, 2.24) is 14.8 Å². The lowest BCUT2D eigenvalue weighted by molar-refractivity contribution is 0.690. The summed E-state index contributed by atoms with van der Waals surface area (Å²) in [5.41, 5.74) is 0. The van der Waals surface area contributed by atoms with E-state index in [1.54, 1.807) is 22.3 Å². The van der Waals surface area contributed by atoms with Crippen molar-refractivity contribution in [2.45, 2.75) is 19.9 Å². The Balaban J connectivity index is 2.11. The molecule has 0 aliphatic rings. The van der Waals surface area contributed by atoms with Gasteiger partial charge in [-0.2, -0.15) is 5.26 Å². The van der Waals surface area contributed by atoms with Crippen molar-refractivity contribution in [3.63, 3.8) is 0 Å². The number of hydrogen-bond acceptors (Lipinski definition) is 4. The molecule has 5 heteroatoms. The van der Waals surface area contributed by atoms with E-state index in [9.17, 15) is 0 Å². The fourth-order valence-corrected chi connectivity index (χ4v) is 2.23. The van der Waals surface area contributed by atoms with Gasteiger partial charge in [-0.15, -0.1) is 16.4 Å². The summed E-state index contributed by atoms with van der Waals surface area (Å²) in [4.78, 5) is 6.46. The third-order valence-electron chi connectivity index (χ3n) is 2.02. The molecule has 0 amide bonds. The standard InChI is InChI=1S/C10H10N4S/c1-2-8-3-4-9(15-8)6-14-7-12-10(5-11)13-14/h3-4,7H,2,6H2,1H3. The molecule has 2 aromatic heterocycles. The first-order valence-electron chi connectivity index (χ1n) is 4.69. The van der Waals surface area contributed by atoms with Crippen LogP contribution in [0.4, 0.5) is 0 Å². The average molecular weight is 218 g/mol. The first-order valence-corrected chi connectivity index (χ1v) is 5.50. The molecule has 0 N–H and O–H groups in total. The van der Waals surface area contributed by atoms with Crippen LogP contribution in [0.25, 0.3) is 0 Å². The van der Waals surface area contributed by atoms with Crippen molar-refractivity contribution in [2.24, 2.45) is 0 Å². The second-order valence-corrected chi connectivity index (χ2v) is 4.35. The van der Waals surface area contributed by atoms with E-state index < -0.39 is 0 Å². The zero-order chi connectivity index (χ0) is 10.7. The normalized spacial score (nSPS) is 10.1. The molecule has 76 valence electrons. The molecule has 0 aliphatic carbocycles. The fraction of sp³-hybridized carbons (Fsp3) is 0.300. The summed E-state index contributed by atoms with van der Waals surface area (Å²) in [7, 11) is 0. The van der Waals surface area contributed by atoms with E-state index in [2.05, 4.69) is 29.1 Å². The summed E-state index contributed by atoms with van der Waals surface area (Å²) in [5, 5.41) is 12.6. The molecule has 0 radical (unpaired) electrons. The molecule has 0 saturated carbocycles. The van der Waals surface area contributed by atoms with E-state index >= 15 is 0 Å². The average Bonchev–Trinajstić information content (AvgIpc) is 2.87. The Kier molecular flexibility index (Phi) is 2.79. The van der Waals surface area contributed by atoms with Gasteiger partial charge in [-0.05, 0) is 18.6 Å². The van der Waals surface area contributed by atoms with E-state index in [1.165, 1.54) is 9.75 Å². The molecule has 0 bridgehead atoms. The predicted octanol–water partition coefficient (Wildman–Crippen LogP) is 1.82. The van der Waals surface area contributed by atoms with Gasteiger partial charge in [-0.1, -0.05) is 6.92 Å². The van der Waals surface area contributed by atoms with Crippen molar-refractivity contribution in [3.05, 3.63) is 34.0 Å². The zero-order valence-corrected chi connectivity index (χ0v) is 9.16. The topological polar surface area (TPSA) is 54.5 Å². The summed E-state index contributed by atoms with van der Waals surface area (Å²) in [6, 6.07) is 6.13. The van der Waals surface area contributed by atoms with Gasteiger partial charge < -0.3 is 0 Å². The van der Waals surface area contributed by atoms with E-state index in [0.29, 0.717) is 6.54 Å². The Bertz CT molecular complexity index is 491. The van der Waals surface area contributed by atoms with Gasteiger partial charge in [0.2, 0.25) is 0 Å². The summed E-state index contributed by atoms with van der Waals surface area (Å²) in [6.07, 6.45) is 2.65. The number of nitriles is 1. The minimum atomic E-state index is 0.224. The first-order chi connectivity index (χ1) is 7.31. The Hall–Kier alpha value is -1.67. The van der Waals surface area contributed by atoms with Crippen LogP contribution in [0.1, 0.15) is 22.5 Å². The highest BCUT2D eigenvalue weighted by Gasteiger charge is 2.02. The summed E-state index contributed by atoms with van der Waals surface area (Å²) < 4.78 is 1.68. The smallest absolute Gasteiger partial charge is 0.246 e. The number of nitrogens with zero attached hydrogens (tertiary/aromatic N) is 4. The van der Waals surface area contributed by atoms with Gasteiger partial charge >= 0.3 is 0 Å². The molecular formula is C10H10N4S. The molecule has 0 fully saturated rings. The highest BCUT2D eigenvalue weighted by molar-refractivity contribution is 7.11. The largest absolute Gasteiger partial charge is 0.252 e. The summed E-state index contributed by atoms with van der Waals surface area (Å²) >= 11 is 1.77. The van der Waals surface area contributed by atoms with Crippen LogP contribution in [0, 0.1) is 11.3 Å². The van der Waals surface area contributed by atoms with Crippen molar-refractivity contribution in [2.75, 3.05) is 0 Å². The summed E-state index contributed by atoms with van der Waals surface area (Å²) in [6.45, 7) is 2.83. The van der Waals surface area contributed by atoms with Gasteiger partial charge in [0.05, 0.1) is 6.54 Å². The molecule has 2 aromatic rings. The lowest BCUT2D eigenvalue weighted by Crippen LogP contribution is -1.98. The molecule has 0 aromatic carbocycles. The SMILES string of the molecule is CCc1ccc(Cn2cnc(C#N)n2)s1. The van der Waals surface area contributed by atoms with Crippen molar-refractivity contribution >= 4 is 11.3 Å². The van der Waals surface area contributed by atoms with Crippen molar-refractivity contribution in [1.29, 1.82) is 5.26 Å². The Labute approximate surface area is 91.8 Å². The van der Waals surface area contributed by atoms with Crippen LogP contribution in [-0.2, 0) is 13.0 Å². The monoisotopic (exact) mass is 218 g/mol. The number of aromatic nitrogens is 3. The first kappa shape index (κ1) is 9.87. The highest BCUT2D eigenvalue weighted by Crippen LogP contribution is 2.17. The van der Waals surface area contributed by atoms with Crippen LogP contribution in [0.2, 0.25) is 0 Å². The number of hydrogen-bond donors (Lipinski definition) is 0. The number of rotatable bonds is 3. The lowest BCUT2D eigenvalue weighted by atomic mass is 10.4. The Morgan fingerprint density at radius 1 is 1.47 bits per heavy atom. The van der Waals surface area contributed by atoms with Crippen LogP contribution in [0.15, 0.2) is 18.5 Å². The van der Waals surface area contributed by atoms with Gasteiger partial charge in [-0.25, -0.2) is 9.67 Å². The van der Waals surface area contributed by atoms with Crippen LogP contribution < -0.4 is 0 Å². The van der Waals surface area contributed by atoms with Crippen LogP contribution in [-0.4, -0.2) is 14.8 Å². The van der Waals surface area contributed by atoms with E-state index in [0.717, 1.165) is 6.42 Å². The maximum atomic E-state index is 8.57. The van der Waals surface area contributed by atoms with Crippen LogP contribution in [0.3, 0.4) is 0 Å². The number of aryl methyl sites for hydroxylation is 1. The van der Waals surface area contributed by atoms with Gasteiger partial charge in [0, 0.05) is 9.75 Å². The third-order valence-corrected chi connectivity index (χ3v) is 3.23. The molecule has 4 nitrogen and oxygen atoms in total. The minimum absolute atomic E-state index is 0.224. The fourth-order valence-electron chi connectivity index (χ4n) is 1.28. The zero-order valence-electron chi connectivity index (χ0n) is 8.34.